The Kier molecular flexibility index (Phi) is 8.13. The van der Waals surface area contributed by atoms with E-state index in [-0.39, 0.29) is 12.3 Å². The van der Waals surface area contributed by atoms with Gasteiger partial charge in [0.25, 0.3) is 0 Å². The van der Waals surface area contributed by atoms with Gasteiger partial charge in [0, 0.05) is 6.42 Å². The van der Waals surface area contributed by atoms with E-state index in [1.54, 1.807) is 5.01 Å². The van der Waals surface area contributed by atoms with Crippen LogP contribution in [0.15, 0.2) is 35.4 Å². The van der Waals surface area contributed by atoms with Gasteiger partial charge in [-0.05, 0) is 18.6 Å². The zero-order valence-electron chi connectivity index (χ0n) is 15.5. The SMILES string of the molecule is CCCCCCCCCCCC(=O)C1(O)C=NN(c2ccccc2)C1. The highest BCUT2D eigenvalue weighted by Gasteiger charge is 2.39. The number of para-hydroxylation sites is 1. The lowest BCUT2D eigenvalue weighted by Gasteiger charge is -2.21. The van der Waals surface area contributed by atoms with E-state index in [0.29, 0.717) is 6.42 Å². The summed E-state index contributed by atoms with van der Waals surface area (Å²) in [6.45, 7) is 2.45. The monoisotopic (exact) mass is 344 g/mol. The number of hydrazone groups is 1. The first-order valence-electron chi connectivity index (χ1n) is 9.79. The van der Waals surface area contributed by atoms with Gasteiger partial charge in [0.15, 0.2) is 11.4 Å². The molecule has 4 heteroatoms. The molecule has 0 aliphatic carbocycles. The summed E-state index contributed by atoms with van der Waals surface area (Å²) in [5.41, 5.74) is -0.541. The first-order chi connectivity index (χ1) is 12.2. The summed E-state index contributed by atoms with van der Waals surface area (Å²) >= 11 is 0. The maximum absolute atomic E-state index is 12.4. The predicted octanol–water partition coefficient (Wildman–Crippen LogP) is 4.71. The number of carbonyl (C=O) groups is 1. The average molecular weight is 344 g/mol. The molecule has 138 valence electrons. The molecule has 1 aromatic carbocycles. The van der Waals surface area contributed by atoms with Crippen molar-refractivity contribution in [3.63, 3.8) is 0 Å². The Labute approximate surface area is 151 Å². The first kappa shape index (κ1) is 19.6. The van der Waals surface area contributed by atoms with Gasteiger partial charge in [-0.1, -0.05) is 76.5 Å². The van der Waals surface area contributed by atoms with Crippen molar-refractivity contribution in [3.05, 3.63) is 30.3 Å². The molecular formula is C21H32N2O2. The average Bonchev–Trinajstić information content (AvgIpc) is 3.04. The number of ketones is 1. The van der Waals surface area contributed by atoms with Crippen molar-refractivity contribution < 1.29 is 9.90 Å². The van der Waals surface area contributed by atoms with Crippen LogP contribution in [-0.2, 0) is 4.79 Å². The number of rotatable bonds is 12. The minimum absolute atomic E-state index is 0.113. The molecule has 0 spiro atoms. The van der Waals surface area contributed by atoms with Gasteiger partial charge in [0.05, 0.1) is 18.4 Å². The van der Waals surface area contributed by atoms with E-state index in [1.807, 2.05) is 30.3 Å². The fourth-order valence-electron chi connectivity index (χ4n) is 3.21. The third-order valence-electron chi connectivity index (χ3n) is 4.85. The number of hydrogen-bond acceptors (Lipinski definition) is 4. The standard InChI is InChI=1S/C21H32N2O2/c1-2-3-4-5-6-7-8-9-13-16-20(24)21(25)17-22-23(18-21)19-14-11-10-12-15-19/h10-12,14-15,17,25H,2-9,13,16,18H2,1H3. The van der Waals surface area contributed by atoms with Crippen molar-refractivity contribution in [2.75, 3.05) is 11.6 Å². The fraction of sp³-hybridized carbons (Fsp3) is 0.619. The molecule has 2 rings (SSSR count). The summed E-state index contributed by atoms with van der Waals surface area (Å²) in [5.74, 6) is -0.113. The molecular weight excluding hydrogens is 312 g/mol. The van der Waals surface area contributed by atoms with Gasteiger partial charge in [0.2, 0.25) is 0 Å². The maximum Gasteiger partial charge on any atom is 0.179 e. The van der Waals surface area contributed by atoms with Crippen molar-refractivity contribution in [3.8, 4) is 0 Å². The molecule has 1 N–H and O–H groups in total. The van der Waals surface area contributed by atoms with Gasteiger partial charge >= 0.3 is 0 Å². The van der Waals surface area contributed by atoms with Gasteiger partial charge < -0.3 is 5.11 Å². The quantitative estimate of drug-likeness (QED) is 0.559. The van der Waals surface area contributed by atoms with Crippen LogP contribution in [0.4, 0.5) is 5.69 Å². The summed E-state index contributed by atoms with van der Waals surface area (Å²) in [6.07, 6.45) is 12.8. The summed E-state index contributed by atoms with van der Waals surface area (Å²) in [5, 5.41) is 16.5. The molecule has 4 nitrogen and oxygen atoms in total. The Hall–Kier alpha value is -1.68. The first-order valence-corrected chi connectivity index (χ1v) is 9.79. The highest BCUT2D eigenvalue weighted by molar-refractivity contribution is 6.05. The zero-order valence-corrected chi connectivity index (χ0v) is 15.5. The number of carbonyl (C=O) groups excluding carboxylic acids is 1. The molecule has 1 aromatic rings. The van der Waals surface area contributed by atoms with Crippen molar-refractivity contribution >= 4 is 17.7 Å². The lowest BCUT2D eigenvalue weighted by atomic mass is 9.95. The number of aliphatic hydroxyl groups is 1. The third kappa shape index (κ3) is 6.28. The zero-order chi connectivity index (χ0) is 18.0. The van der Waals surface area contributed by atoms with Crippen LogP contribution in [0.25, 0.3) is 0 Å². The van der Waals surface area contributed by atoms with Crippen LogP contribution in [0.2, 0.25) is 0 Å². The van der Waals surface area contributed by atoms with Gasteiger partial charge in [-0.3, -0.25) is 9.80 Å². The van der Waals surface area contributed by atoms with Crippen molar-refractivity contribution in [1.82, 2.24) is 0 Å². The van der Waals surface area contributed by atoms with Crippen LogP contribution < -0.4 is 5.01 Å². The number of β-amino-alcohol motifs (C(OH)–C–C–N with tert-alkyl or cyclic N) is 1. The predicted molar refractivity (Wildman–Crippen MR) is 104 cm³/mol. The van der Waals surface area contributed by atoms with Gasteiger partial charge in [-0.2, -0.15) is 5.10 Å². The highest BCUT2D eigenvalue weighted by Crippen LogP contribution is 2.23. The van der Waals surface area contributed by atoms with Crippen LogP contribution in [-0.4, -0.2) is 29.3 Å². The van der Waals surface area contributed by atoms with E-state index in [4.69, 9.17) is 0 Å². The molecule has 1 heterocycles. The molecule has 1 atom stereocenters. The second-order valence-electron chi connectivity index (χ2n) is 7.06. The number of hydrogen-bond donors (Lipinski definition) is 1. The van der Waals surface area contributed by atoms with E-state index in [2.05, 4.69) is 12.0 Å². The van der Waals surface area contributed by atoms with Gasteiger partial charge in [-0.25, -0.2) is 0 Å². The molecule has 0 saturated carbocycles. The number of anilines is 1. The fourth-order valence-corrected chi connectivity index (χ4v) is 3.21. The second kappa shape index (κ2) is 10.3. The van der Waals surface area contributed by atoms with E-state index >= 15 is 0 Å². The van der Waals surface area contributed by atoms with Crippen LogP contribution in [0.3, 0.4) is 0 Å². The minimum atomic E-state index is -1.43. The third-order valence-corrected chi connectivity index (χ3v) is 4.85. The minimum Gasteiger partial charge on any atom is -0.375 e. The van der Waals surface area contributed by atoms with Crippen molar-refractivity contribution in [2.24, 2.45) is 5.10 Å². The molecule has 0 aromatic heterocycles. The smallest absolute Gasteiger partial charge is 0.179 e. The van der Waals surface area contributed by atoms with E-state index in [0.717, 1.165) is 18.5 Å². The van der Waals surface area contributed by atoms with Crippen LogP contribution in [0.1, 0.15) is 71.1 Å². The normalized spacial score (nSPS) is 19.5. The maximum atomic E-state index is 12.4. The van der Waals surface area contributed by atoms with Crippen LogP contribution in [0.5, 0.6) is 0 Å². The lowest BCUT2D eigenvalue weighted by molar-refractivity contribution is -0.130. The molecule has 25 heavy (non-hydrogen) atoms. The van der Waals surface area contributed by atoms with Crippen LogP contribution >= 0.6 is 0 Å². The Morgan fingerprint density at radius 3 is 2.28 bits per heavy atom. The Balaban J connectivity index is 1.62. The van der Waals surface area contributed by atoms with Gasteiger partial charge in [-0.15, -0.1) is 0 Å². The number of benzene rings is 1. The number of nitrogens with zero attached hydrogens (tertiary/aromatic N) is 2. The summed E-state index contributed by atoms with van der Waals surface area (Å²) < 4.78 is 0. The summed E-state index contributed by atoms with van der Waals surface area (Å²) in [6, 6.07) is 9.63. The molecule has 0 radical (unpaired) electrons. The van der Waals surface area contributed by atoms with Crippen molar-refractivity contribution in [1.29, 1.82) is 0 Å². The Bertz CT molecular complexity index is 544. The highest BCUT2D eigenvalue weighted by atomic mass is 16.3. The van der Waals surface area contributed by atoms with E-state index < -0.39 is 5.60 Å². The molecule has 0 amide bonds. The molecule has 1 aliphatic rings. The molecule has 0 fully saturated rings. The second-order valence-corrected chi connectivity index (χ2v) is 7.06. The van der Waals surface area contributed by atoms with E-state index in [9.17, 15) is 9.90 Å². The summed E-state index contributed by atoms with van der Waals surface area (Å²) in [4.78, 5) is 12.4. The largest absolute Gasteiger partial charge is 0.375 e. The topological polar surface area (TPSA) is 52.9 Å². The Morgan fingerprint density at radius 1 is 1.04 bits per heavy atom. The van der Waals surface area contributed by atoms with Gasteiger partial charge in [0.1, 0.15) is 0 Å². The Morgan fingerprint density at radius 2 is 1.64 bits per heavy atom. The van der Waals surface area contributed by atoms with Crippen molar-refractivity contribution in [2.45, 2.75) is 76.7 Å². The summed E-state index contributed by atoms with van der Waals surface area (Å²) in [7, 11) is 0. The van der Waals surface area contributed by atoms with E-state index in [1.165, 1.54) is 51.2 Å². The van der Waals surface area contributed by atoms with Crippen LogP contribution in [0, 0.1) is 0 Å². The number of Topliss-reactive ketones (excluding diaryl/α,β-unsaturated/α-hetero) is 1. The lowest BCUT2D eigenvalue weighted by Crippen LogP contribution is -2.44. The molecule has 1 aliphatic heterocycles. The molecule has 0 bridgehead atoms. The molecule has 1 unspecified atom stereocenters. The number of unbranched alkanes of at least 4 members (excludes halogenated alkanes) is 8. The molecule has 0 saturated heterocycles.